The van der Waals surface area contributed by atoms with Gasteiger partial charge in [0.25, 0.3) is 5.91 Å². The summed E-state index contributed by atoms with van der Waals surface area (Å²) in [7, 11) is 1.57. The molecular weight excluding hydrogens is 442 g/mol. The summed E-state index contributed by atoms with van der Waals surface area (Å²) in [6.45, 7) is 2.10. The fourth-order valence-corrected chi connectivity index (χ4v) is 3.87. The van der Waals surface area contributed by atoms with Crippen LogP contribution in [-0.2, 0) is 0 Å². The predicted molar refractivity (Wildman–Crippen MR) is 129 cm³/mol. The molecular formula is C23H27N5O4S. The summed E-state index contributed by atoms with van der Waals surface area (Å²) in [6, 6.07) is 14.2. The maximum Gasteiger partial charge on any atom is 0.263 e. The molecule has 33 heavy (non-hydrogen) atoms. The molecule has 0 saturated carbocycles. The second-order valence-electron chi connectivity index (χ2n) is 7.15. The summed E-state index contributed by atoms with van der Waals surface area (Å²) in [5.74, 6) is 1.03. The van der Waals surface area contributed by atoms with E-state index in [0.717, 1.165) is 29.7 Å². The minimum atomic E-state index is -0.498. The molecule has 1 amide bonds. The average molecular weight is 470 g/mol. The van der Waals surface area contributed by atoms with Crippen LogP contribution in [0.25, 0.3) is 11.3 Å². The highest BCUT2D eigenvalue weighted by Crippen LogP contribution is 2.31. The molecule has 0 bridgehead atoms. The molecule has 9 nitrogen and oxygen atoms in total. The van der Waals surface area contributed by atoms with Crippen LogP contribution in [0.4, 0.5) is 5.13 Å². The van der Waals surface area contributed by atoms with Crippen molar-refractivity contribution in [3.8, 4) is 22.8 Å². The zero-order valence-electron chi connectivity index (χ0n) is 18.4. The van der Waals surface area contributed by atoms with Gasteiger partial charge in [0.1, 0.15) is 16.4 Å². The number of amidine groups is 1. The quantitative estimate of drug-likeness (QED) is 0.116. The molecule has 0 fully saturated rings. The summed E-state index contributed by atoms with van der Waals surface area (Å²) in [5, 5.41) is 14.7. The zero-order valence-corrected chi connectivity index (χ0v) is 19.3. The molecule has 1 heterocycles. The molecule has 0 spiro atoms. The molecule has 0 aliphatic rings. The lowest BCUT2D eigenvalue weighted by atomic mass is 10.1. The minimum Gasteiger partial charge on any atom is -0.455 e. The Morgan fingerprint density at radius 2 is 1.76 bits per heavy atom. The topological polar surface area (TPSA) is 145 Å². The van der Waals surface area contributed by atoms with Crippen LogP contribution in [-0.4, -0.2) is 35.3 Å². The molecule has 3 rings (SSSR count). The number of nitrogen functional groups attached to an aromatic ring is 1. The number of rotatable bonds is 10. The summed E-state index contributed by atoms with van der Waals surface area (Å²) < 4.78 is 12.1. The third-order valence-corrected chi connectivity index (χ3v) is 5.67. The Labute approximate surface area is 196 Å². The molecule has 1 unspecified atom stereocenters. The van der Waals surface area contributed by atoms with Crippen LogP contribution in [0.3, 0.4) is 0 Å². The van der Waals surface area contributed by atoms with Gasteiger partial charge in [0.2, 0.25) is 6.29 Å². The van der Waals surface area contributed by atoms with Crippen LogP contribution < -0.4 is 26.3 Å². The summed E-state index contributed by atoms with van der Waals surface area (Å²) in [4.78, 5) is 16.9. The lowest BCUT2D eigenvalue weighted by Gasteiger charge is -2.21. The number of nitrogens with one attached hydrogen (secondary N) is 1. The summed E-state index contributed by atoms with van der Waals surface area (Å²) in [6.07, 6.45) is 2.13. The Kier molecular flexibility index (Phi) is 8.09. The Bertz CT molecular complexity index is 1100. The van der Waals surface area contributed by atoms with Gasteiger partial charge < -0.3 is 31.5 Å². The third-order valence-electron chi connectivity index (χ3n) is 4.79. The van der Waals surface area contributed by atoms with Crippen molar-refractivity contribution in [1.82, 2.24) is 10.3 Å². The van der Waals surface area contributed by atoms with E-state index in [1.807, 2.05) is 24.3 Å². The van der Waals surface area contributed by atoms with Crippen molar-refractivity contribution in [1.29, 1.82) is 0 Å². The fraction of sp³-hybridized carbons (Fsp3) is 0.261. The largest absolute Gasteiger partial charge is 0.455 e. The van der Waals surface area contributed by atoms with Crippen molar-refractivity contribution in [2.45, 2.75) is 32.5 Å². The van der Waals surface area contributed by atoms with E-state index >= 15 is 0 Å². The van der Waals surface area contributed by atoms with Crippen LogP contribution in [0.5, 0.6) is 11.5 Å². The second-order valence-corrected chi connectivity index (χ2v) is 8.18. The van der Waals surface area contributed by atoms with Crippen molar-refractivity contribution >= 4 is 28.2 Å². The van der Waals surface area contributed by atoms with Crippen molar-refractivity contribution < 1.29 is 19.5 Å². The predicted octanol–water partition coefficient (Wildman–Crippen LogP) is 3.82. The first kappa shape index (κ1) is 23.9. The summed E-state index contributed by atoms with van der Waals surface area (Å²) in [5.41, 5.74) is 13.3. The number of aromatic nitrogens is 1. The lowest BCUT2D eigenvalue weighted by molar-refractivity contribution is -0.00211. The van der Waals surface area contributed by atoms with Crippen LogP contribution in [0, 0.1) is 0 Å². The number of carbonyl (C=O) groups is 1. The number of thiazole rings is 1. The number of nitrogens with two attached hydrogens (primary N) is 2. The number of nitrogens with zero attached hydrogens (tertiary/aromatic N) is 2. The molecule has 0 radical (unpaired) electrons. The molecule has 0 aliphatic heterocycles. The number of benzene rings is 2. The first-order chi connectivity index (χ1) is 15.9. The van der Waals surface area contributed by atoms with Crippen LogP contribution >= 0.6 is 11.3 Å². The highest BCUT2D eigenvalue weighted by molar-refractivity contribution is 7.17. The number of oxime groups is 1. The molecule has 0 saturated heterocycles. The van der Waals surface area contributed by atoms with Crippen molar-refractivity contribution in [3.05, 3.63) is 59.0 Å². The zero-order chi connectivity index (χ0) is 23.8. The van der Waals surface area contributed by atoms with Gasteiger partial charge in [-0.2, -0.15) is 0 Å². The number of unbranched alkanes of at least 4 members (excludes halogenated alkanes) is 1. The van der Waals surface area contributed by atoms with Gasteiger partial charge in [0.15, 0.2) is 11.0 Å². The number of hydrogen-bond acceptors (Lipinski definition) is 8. The number of ether oxygens (including phenoxy) is 2. The number of amides is 1. The van der Waals surface area contributed by atoms with E-state index in [1.54, 1.807) is 31.3 Å². The fourth-order valence-electron chi connectivity index (χ4n) is 3.07. The van der Waals surface area contributed by atoms with Gasteiger partial charge in [0, 0.05) is 24.6 Å². The SMILES string of the molecule is CCCCC(Oc1ccc(C(N)=NO)cc1)Oc1ccc(-c2nc(N)sc2C(=O)NC)cc1. The van der Waals surface area contributed by atoms with Crippen molar-refractivity contribution in [2.75, 3.05) is 12.8 Å². The smallest absolute Gasteiger partial charge is 0.263 e. The molecule has 2 aromatic carbocycles. The number of hydrogen-bond donors (Lipinski definition) is 4. The van der Waals surface area contributed by atoms with Gasteiger partial charge in [-0.05, 0) is 55.0 Å². The second kappa shape index (κ2) is 11.2. The van der Waals surface area contributed by atoms with Gasteiger partial charge in [-0.15, -0.1) is 0 Å². The standard InChI is InChI=1S/C23H27N5O4S/c1-3-4-5-18(32-17-12-8-15(9-13-17)21(24)28-30)31-16-10-6-14(7-11-16)19-20(22(29)26-2)33-23(25)27-19/h6-13,18,30H,3-5H2,1-2H3,(H2,24,28)(H2,25,27)(H,26,29). The van der Waals surface area contributed by atoms with Crippen LogP contribution in [0.1, 0.15) is 41.4 Å². The van der Waals surface area contributed by atoms with Crippen LogP contribution in [0.2, 0.25) is 0 Å². The molecule has 174 valence electrons. The molecule has 3 aromatic rings. The van der Waals surface area contributed by atoms with E-state index in [-0.39, 0.29) is 11.7 Å². The Morgan fingerprint density at radius 3 is 2.30 bits per heavy atom. The van der Waals surface area contributed by atoms with E-state index in [9.17, 15) is 4.79 Å². The normalized spacial score (nSPS) is 12.2. The first-order valence-corrected chi connectivity index (χ1v) is 11.3. The van der Waals surface area contributed by atoms with E-state index in [1.165, 1.54) is 0 Å². The monoisotopic (exact) mass is 469 g/mol. The Morgan fingerprint density at radius 1 is 1.15 bits per heavy atom. The highest BCUT2D eigenvalue weighted by Gasteiger charge is 2.18. The summed E-state index contributed by atoms with van der Waals surface area (Å²) >= 11 is 1.15. The van der Waals surface area contributed by atoms with Gasteiger partial charge in [0.05, 0.1) is 5.69 Å². The number of carbonyl (C=O) groups excluding carboxylic acids is 1. The first-order valence-electron chi connectivity index (χ1n) is 10.4. The highest BCUT2D eigenvalue weighted by atomic mass is 32.1. The van der Waals surface area contributed by atoms with Crippen molar-refractivity contribution in [3.63, 3.8) is 0 Å². The molecule has 1 aromatic heterocycles. The molecule has 10 heteroatoms. The van der Waals surface area contributed by atoms with E-state index in [0.29, 0.717) is 39.2 Å². The van der Waals surface area contributed by atoms with E-state index in [4.69, 9.17) is 26.1 Å². The average Bonchev–Trinajstić information content (AvgIpc) is 3.24. The van der Waals surface area contributed by atoms with E-state index in [2.05, 4.69) is 22.4 Å². The van der Waals surface area contributed by atoms with E-state index < -0.39 is 6.29 Å². The molecule has 6 N–H and O–H groups in total. The Balaban J connectivity index is 1.74. The molecule has 0 aliphatic carbocycles. The van der Waals surface area contributed by atoms with Gasteiger partial charge >= 0.3 is 0 Å². The Hall–Kier alpha value is -3.79. The minimum absolute atomic E-state index is 0.0295. The van der Waals surface area contributed by atoms with Crippen molar-refractivity contribution in [2.24, 2.45) is 10.9 Å². The molecule has 1 atom stereocenters. The number of anilines is 1. The van der Waals surface area contributed by atoms with Gasteiger partial charge in [-0.1, -0.05) is 29.8 Å². The third kappa shape index (κ3) is 6.13. The maximum atomic E-state index is 12.1. The van der Waals surface area contributed by atoms with Crippen LogP contribution in [0.15, 0.2) is 53.7 Å². The lowest BCUT2D eigenvalue weighted by Crippen LogP contribution is -2.24. The van der Waals surface area contributed by atoms with Gasteiger partial charge in [-0.3, -0.25) is 4.79 Å². The van der Waals surface area contributed by atoms with Gasteiger partial charge in [-0.25, -0.2) is 4.98 Å². The maximum absolute atomic E-state index is 12.1.